The van der Waals surface area contributed by atoms with Crippen LogP contribution in [-0.2, 0) is 0 Å². The van der Waals surface area contributed by atoms with Crippen LogP contribution < -0.4 is 10.6 Å². The number of pyridine rings is 1. The SMILES string of the molecule is Cc1ccc(NC(=O)c2ccc(NC3CC3)c([N+](=O)[O-])c2)nc1. The van der Waals surface area contributed by atoms with Gasteiger partial charge in [-0.2, -0.15) is 0 Å². The van der Waals surface area contributed by atoms with E-state index in [0.717, 1.165) is 18.4 Å². The highest BCUT2D eigenvalue weighted by Gasteiger charge is 2.25. The fourth-order valence-electron chi connectivity index (χ4n) is 2.12. The van der Waals surface area contributed by atoms with Crippen LogP contribution in [0.5, 0.6) is 0 Å². The standard InChI is InChI=1S/C16H16N4O3/c1-10-2-7-15(17-9-10)19-16(21)11-3-6-13(18-12-4-5-12)14(8-11)20(22)23/h2-3,6-9,12,18H,4-5H2,1H3,(H,17,19,21). The van der Waals surface area contributed by atoms with Crippen LogP contribution in [0.2, 0.25) is 0 Å². The molecule has 1 aliphatic carbocycles. The van der Waals surface area contributed by atoms with Crippen molar-refractivity contribution in [2.75, 3.05) is 10.6 Å². The molecule has 2 N–H and O–H groups in total. The molecular formula is C16H16N4O3. The summed E-state index contributed by atoms with van der Waals surface area (Å²) in [5.41, 5.74) is 1.55. The van der Waals surface area contributed by atoms with Crippen LogP contribution in [-0.4, -0.2) is 21.9 Å². The molecule has 0 atom stereocenters. The molecule has 7 nitrogen and oxygen atoms in total. The number of nitrogens with zero attached hydrogens (tertiary/aromatic N) is 2. The summed E-state index contributed by atoms with van der Waals surface area (Å²) in [5, 5.41) is 16.9. The molecule has 1 heterocycles. The predicted molar refractivity (Wildman–Crippen MR) is 86.7 cm³/mol. The minimum Gasteiger partial charge on any atom is -0.377 e. The van der Waals surface area contributed by atoms with Crippen LogP contribution in [0.25, 0.3) is 0 Å². The minimum absolute atomic E-state index is 0.0959. The average molecular weight is 312 g/mol. The first-order valence-corrected chi connectivity index (χ1v) is 7.32. The molecule has 1 amide bonds. The molecule has 1 saturated carbocycles. The Bertz CT molecular complexity index is 754. The molecule has 0 saturated heterocycles. The molecule has 0 bridgehead atoms. The van der Waals surface area contributed by atoms with Gasteiger partial charge >= 0.3 is 0 Å². The van der Waals surface area contributed by atoms with Gasteiger partial charge in [-0.15, -0.1) is 0 Å². The number of aromatic nitrogens is 1. The molecule has 1 fully saturated rings. The summed E-state index contributed by atoms with van der Waals surface area (Å²) in [5.74, 6) is -0.0224. The molecule has 118 valence electrons. The van der Waals surface area contributed by atoms with Crippen molar-refractivity contribution in [1.29, 1.82) is 0 Å². The van der Waals surface area contributed by atoms with Gasteiger partial charge in [0, 0.05) is 23.9 Å². The van der Waals surface area contributed by atoms with Gasteiger partial charge in [-0.25, -0.2) is 4.98 Å². The lowest BCUT2D eigenvalue weighted by molar-refractivity contribution is -0.384. The first-order chi connectivity index (χ1) is 11.0. The first kappa shape index (κ1) is 15.0. The number of nitro benzene ring substituents is 1. The number of amides is 1. The van der Waals surface area contributed by atoms with E-state index in [9.17, 15) is 14.9 Å². The molecule has 0 spiro atoms. The van der Waals surface area contributed by atoms with Gasteiger partial charge in [-0.05, 0) is 43.5 Å². The van der Waals surface area contributed by atoms with E-state index in [4.69, 9.17) is 0 Å². The summed E-state index contributed by atoms with van der Waals surface area (Å²) in [6, 6.07) is 8.24. The fourth-order valence-corrected chi connectivity index (χ4v) is 2.12. The van der Waals surface area contributed by atoms with Crippen LogP contribution >= 0.6 is 0 Å². The van der Waals surface area contributed by atoms with Gasteiger partial charge in [0.25, 0.3) is 11.6 Å². The number of aryl methyl sites for hydroxylation is 1. The van der Waals surface area contributed by atoms with E-state index in [-0.39, 0.29) is 11.3 Å². The van der Waals surface area contributed by atoms with Crippen molar-refractivity contribution in [3.63, 3.8) is 0 Å². The monoisotopic (exact) mass is 312 g/mol. The number of nitrogens with one attached hydrogen (secondary N) is 2. The highest BCUT2D eigenvalue weighted by molar-refractivity contribution is 6.04. The number of rotatable bonds is 5. The van der Waals surface area contributed by atoms with Crippen LogP contribution in [0, 0.1) is 17.0 Å². The summed E-state index contributed by atoms with van der Waals surface area (Å²) in [7, 11) is 0. The normalized spacial score (nSPS) is 13.4. The van der Waals surface area contributed by atoms with E-state index in [1.54, 1.807) is 24.4 Å². The number of hydrogen-bond donors (Lipinski definition) is 2. The molecule has 1 aromatic heterocycles. The molecule has 2 aromatic rings. The Morgan fingerprint density at radius 3 is 2.70 bits per heavy atom. The average Bonchev–Trinajstić information content (AvgIpc) is 3.33. The number of carbonyl (C=O) groups excluding carboxylic acids is 1. The van der Waals surface area contributed by atoms with Crippen molar-refractivity contribution in [3.05, 3.63) is 57.8 Å². The van der Waals surface area contributed by atoms with Gasteiger partial charge in [-0.1, -0.05) is 6.07 Å². The second kappa shape index (κ2) is 6.04. The molecule has 1 aromatic carbocycles. The lowest BCUT2D eigenvalue weighted by atomic mass is 10.1. The number of benzene rings is 1. The smallest absolute Gasteiger partial charge is 0.293 e. The molecule has 0 aliphatic heterocycles. The van der Waals surface area contributed by atoms with E-state index >= 15 is 0 Å². The largest absolute Gasteiger partial charge is 0.377 e. The van der Waals surface area contributed by atoms with Crippen molar-refractivity contribution < 1.29 is 9.72 Å². The van der Waals surface area contributed by atoms with E-state index < -0.39 is 10.8 Å². The highest BCUT2D eigenvalue weighted by atomic mass is 16.6. The molecule has 1 aliphatic rings. The summed E-state index contributed by atoms with van der Waals surface area (Å²) in [6.07, 6.45) is 3.66. The van der Waals surface area contributed by atoms with Crippen molar-refractivity contribution in [2.24, 2.45) is 0 Å². The van der Waals surface area contributed by atoms with Crippen molar-refractivity contribution in [1.82, 2.24) is 4.98 Å². The summed E-state index contributed by atoms with van der Waals surface area (Å²) >= 11 is 0. The van der Waals surface area contributed by atoms with Gasteiger partial charge < -0.3 is 10.6 Å². The molecule has 0 unspecified atom stereocenters. The Hall–Kier alpha value is -2.96. The second-order valence-electron chi connectivity index (χ2n) is 5.58. The van der Waals surface area contributed by atoms with E-state index in [1.165, 1.54) is 6.07 Å². The lowest BCUT2D eigenvalue weighted by Crippen LogP contribution is -2.14. The lowest BCUT2D eigenvalue weighted by Gasteiger charge is -2.08. The maximum Gasteiger partial charge on any atom is 0.293 e. The minimum atomic E-state index is -0.481. The molecule has 0 radical (unpaired) electrons. The van der Waals surface area contributed by atoms with Crippen LogP contribution in [0.3, 0.4) is 0 Å². The van der Waals surface area contributed by atoms with Crippen LogP contribution in [0.1, 0.15) is 28.8 Å². The third-order valence-electron chi connectivity index (χ3n) is 3.55. The van der Waals surface area contributed by atoms with Gasteiger partial charge in [0.1, 0.15) is 11.5 Å². The molecule has 23 heavy (non-hydrogen) atoms. The fraction of sp³-hybridized carbons (Fsp3) is 0.250. The van der Waals surface area contributed by atoms with Crippen LogP contribution in [0.4, 0.5) is 17.2 Å². The number of anilines is 2. The van der Waals surface area contributed by atoms with Crippen LogP contribution in [0.15, 0.2) is 36.5 Å². The second-order valence-corrected chi connectivity index (χ2v) is 5.58. The van der Waals surface area contributed by atoms with Gasteiger partial charge in [-0.3, -0.25) is 14.9 Å². The first-order valence-electron chi connectivity index (χ1n) is 7.32. The third kappa shape index (κ3) is 3.63. The predicted octanol–water partition coefficient (Wildman–Crippen LogP) is 3.12. The molecular weight excluding hydrogens is 296 g/mol. The van der Waals surface area contributed by atoms with Gasteiger partial charge in [0.05, 0.1) is 4.92 Å². The van der Waals surface area contributed by atoms with E-state index in [1.807, 2.05) is 13.0 Å². The summed E-state index contributed by atoms with van der Waals surface area (Å²) in [4.78, 5) is 27.0. The Labute approximate surface area is 132 Å². The van der Waals surface area contributed by atoms with Crippen molar-refractivity contribution in [2.45, 2.75) is 25.8 Å². The topological polar surface area (TPSA) is 97.2 Å². The quantitative estimate of drug-likeness (QED) is 0.653. The molecule has 3 rings (SSSR count). The Morgan fingerprint density at radius 1 is 1.30 bits per heavy atom. The number of nitro groups is 1. The maximum atomic E-state index is 12.2. The Morgan fingerprint density at radius 2 is 2.09 bits per heavy atom. The summed E-state index contributed by atoms with van der Waals surface area (Å²) < 4.78 is 0. The molecule has 7 heteroatoms. The third-order valence-corrected chi connectivity index (χ3v) is 3.55. The zero-order valence-electron chi connectivity index (χ0n) is 12.6. The van der Waals surface area contributed by atoms with Gasteiger partial charge in [0.2, 0.25) is 0 Å². The number of hydrogen-bond acceptors (Lipinski definition) is 5. The zero-order chi connectivity index (χ0) is 16.4. The van der Waals surface area contributed by atoms with E-state index in [2.05, 4.69) is 15.6 Å². The van der Waals surface area contributed by atoms with Gasteiger partial charge in [0.15, 0.2) is 0 Å². The zero-order valence-corrected chi connectivity index (χ0v) is 12.6. The van der Waals surface area contributed by atoms with Crippen molar-refractivity contribution >= 4 is 23.1 Å². The van der Waals surface area contributed by atoms with E-state index in [0.29, 0.717) is 17.5 Å². The maximum absolute atomic E-state index is 12.2. The Kier molecular flexibility index (Phi) is 3.92. The number of carbonyl (C=O) groups is 1. The van der Waals surface area contributed by atoms with Crippen molar-refractivity contribution in [3.8, 4) is 0 Å². The Balaban J connectivity index is 1.80. The summed E-state index contributed by atoms with van der Waals surface area (Å²) in [6.45, 7) is 1.90. The highest BCUT2D eigenvalue weighted by Crippen LogP contribution is 2.31.